The fraction of sp³-hybridized carbons (Fsp3) is 0.404. The average Bonchev–Trinajstić information content (AvgIpc) is 3.99. The topological polar surface area (TPSA) is 158 Å². The second-order valence-electron chi connectivity index (χ2n) is 19.6. The van der Waals surface area contributed by atoms with Crippen LogP contribution >= 0.6 is 0 Å². The van der Waals surface area contributed by atoms with Gasteiger partial charge in [0.05, 0.1) is 55.3 Å². The van der Waals surface area contributed by atoms with E-state index in [1.165, 1.54) is 14.2 Å². The summed E-state index contributed by atoms with van der Waals surface area (Å²) < 4.78 is 43.3. The number of alkyl halides is 2. The van der Waals surface area contributed by atoms with E-state index in [1.807, 2.05) is 79.4 Å². The summed E-state index contributed by atoms with van der Waals surface area (Å²) in [5.41, 5.74) is 6.13. The zero-order valence-electron chi connectivity index (χ0n) is 37.9. The third kappa shape index (κ3) is 7.51. The van der Waals surface area contributed by atoms with Gasteiger partial charge in [0, 0.05) is 35.8 Å². The van der Waals surface area contributed by atoms with Crippen LogP contribution in [0.4, 0.5) is 18.4 Å². The minimum absolute atomic E-state index is 0.0183. The number of fused-ring (bicyclic) bond motifs is 6. The Morgan fingerprint density at radius 2 is 1.52 bits per heavy atom. The molecule has 5 aliphatic rings. The first-order valence-corrected chi connectivity index (χ1v) is 23.4. The Bertz CT molecular complexity index is 2910. The number of amides is 3. The molecule has 2 saturated heterocycles. The van der Waals surface area contributed by atoms with Crippen LogP contribution in [-0.4, -0.2) is 87.2 Å². The number of hydrogen-bond acceptors (Lipinski definition) is 8. The van der Waals surface area contributed by atoms with Crippen LogP contribution in [0.2, 0.25) is 0 Å². The molecule has 15 heteroatoms. The summed E-state index contributed by atoms with van der Waals surface area (Å²) in [6.07, 6.45) is 6.51. The van der Waals surface area contributed by atoms with Gasteiger partial charge in [-0.25, -0.2) is 19.6 Å². The number of hydrogen-bond donors (Lipinski definition) is 4. The molecule has 67 heavy (non-hydrogen) atoms. The summed E-state index contributed by atoms with van der Waals surface area (Å²) in [6.45, 7) is 4.93. The fourth-order valence-corrected chi connectivity index (χ4v) is 11.6. The molecule has 6 atom stereocenters. The van der Waals surface area contributed by atoms with Gasteiger partial charge < -0.3 is 35.0 Å². The van der Waals surface area contributed by atoms with Crippen molar-refractivity contribution in [1.82, 2.24) is 40.4 Å². The van der Waals surface area contributed by atoms with Gasteiger partial charge in [0.15, 0.2) is 0 Å². The van der Waals surface area contributed by atoms with Gasteiger partial charge in [-0.2, -0.15) is 8.78 Å². The second kappa shape index (κ2) is 16.3. The lowest BCUT2D eigenvalue weighted by atomic mass is 9.96. The first kappa shape index (κ1) is 43.0. The number of carbonyl (C=O) groups is 3. The number of rotatable bonds is 11. The number of nitrogens with zero attached hydrogens (tertiary/aromatic N) is 4. The van der Waals surface area contributed by atoms with E-state index in [-0.39, 0.29) is 46.5 Å². The van der Waals surface area contributed by atoms with Crippen molar-refractivity contribution in [3.8, 4) is 33.5 Å². The van der Waals surface area contributed by atoms with Crippen molar-refractivity contribution in [2.45, 2.75) is 88.5 Å². The highest BCUT2D eigenvalue weighted by Gasteiger charge is 2.55. The zero-order valence-corrected chi connectivity index (χ0v) is 37.9. The number of nitrogens with one attached hydrogen (secondary N) is 4. The number of ether oxygens (including phenoxy) is 2. The van der Waals surface area contributed by atoms with Gasteiger partial charge in [0.2, 0.25) is 5.91 Å². The molecule has 3 aliphatic carbocycles. The number of piperidine rings is 1. The number of alkyl carbamates (subject to hydrolysis) is 2. The zero-order chi connectivity index (χ0) is 46.4. The third-order valence-electron chi connectivity index (χ3n) is 15.3. The van der Waals surface area contributed by atoms with E-state index in [0.717, 1.165) is 66.5 Å². The molecule has 2 saturated carbocycles. The van der Waals surface area contributed by atoms with Crippen molar-refractivity contribution >= 4 is 29.1 Å². The molecular weight excluding hydrogens is 855 g/mol. The molecule has 4 heterocycles. The Balaban J connectivity index is 0.837. The molecule has 0 radical (unpaired) electrons. The van der Waals surface area contributed by atoms with Crippen LogP contribution in [0.5, 0.6) is 0 Å². The number of benzene rings is 4. The monoisotopic (exact) mass is 908 g/mol. The predicted molar refractivity (Wildman–Crippen MR) is 248 cm³/mol. The molecule has 4 N–H and O–H groups in total. The van der Waals surface area contributed by atoms with Crippen LogP contribution in [0.15, 0.2) is 91.1 Å². The summed E-state index contributed by atoms with van der Waals surface area (Å²) in [6, 6.07) is 25.3. The van der Waals surface area contributed by atoms with Crippen molar-refractivity contribution in [3.05, 3.63) is 119 Å². The molecule has 0 unspecified atom stereocenters. The number of imidazole rings is 2. The standard InChI is InChI=1S/C52H54F2N8O5/c1-28(2)44(60-50(65)67-4)48(63)62-27-51(18-19-51)24-43(62)46-55-25-41(58-46)32-12-16-36-35-15-11-30(21-37(35)52(53,54)38(36)22-32)31-13-17-39-40(23-31)57-47(56-39)45-33-10-14-34(20-33)61(45)26-42(59-49(64)66-3)29-8-6-5-7-9-29/h5-9,11-13,15-17,21-23,25,28,33-34,42-45H,10,14,18-20,24,26-27H2,1-4H3,(H,55,58)(H,56,57)(H,59,64)(H,60,65)/t33-,34+,42-,43-,44-,45-/m0/s1. The first-order valence-electron chi connectivity index (χ1n) is 23.4. The largest absolute Gasteiger partial charge is 0.453 e. The van der Waals surface area contributed by atoms with Crippen LogP contribution in [0.1, 0.15) is 98.8 Å². The molecule has 346 valence electrons. The predicted octanol–water partition coefficient (Wildman–Crippen LogP) is 9.80. The molecule has 3 amide bonds. The molecule has 11 rings (SSSR count). The van der Waals surface area contributed by atoms with E-state index in [1.54, 1.807) is 30.5 Å². The molecule has 4 fully saturated rings. The van der Waals surface area contributed by atoms with Crippen molar-refractivity contribution in [2.75, 3.05) is 27.3 Å². The van der Waals surface area contributed by atoms with Gasteiger partial charge >= 0.3 is 12.2 Å². The Kier molecular flexibility index (Phi) is 10.5. The molecule has 2 bridgehead atoms. The maximum atomic E-state index is 16.7. The summed E-state index contributed by atoms with van der Waals surface area (Å²) >= 11 is 0. The van der Waals surface area contributed by atoms with Crippen LogP contribution in [0.3, 0.4) is 0 Å². The SMILES string of the molecule is COC(=O)N[C@@H](CN1[C@@H]2CC[C@@H](C2)[C@H]1c1nc2ccc(-c3ccc4c(c3)C(F)(F)c3cc(-c5cnc([C@@H]6CC7(CC7)CN6C(=O)[C@@H](NC(=O)OC)C(C)C)[nH]5)ccc3-4)cc2[nH]1)c1ccccc1. The first-order chi connectivity index (χ1) is 32.3. The lowest BCUT2D eigenvalue weighted by Crippen LogP contribution is -2.51. The van der Waals surface area contributed by atoms with E-state index < -0.39 is 24.2 Å². The normalized spacial score (nSPS) is 22.8. The molecule has 6 aromatic rings. The summed E-state index contributed by atoms with van der Waals surface area (Å²) in [5.74, 6) is -1.76. The second-order valence-corrected chi connectivity index (χ2v) is 19.6. The van der Waals surface area contributed by atoms with Crippen LogP contribution < -0.4 is 10.6 Å². The number of aromatic amines is 2. The number of carbonyl (C=O) groups excluding carboxylic acids is 3. The van der Waals surface area contributed by atoms with Gasteiger partial charge in [-0.05, 0) is 108 Å². The average molecular weight is 909 g/mol. The van der Waals surface area contributed by atoms with Gasteiger partial charge in [0.1, 0.15) is 17.7 Å². The number of H-pyrrole nitrogens is 2. The molecular formula is C52H54F2N8O5. The maximum absolute atomic E-state index is 16.7. The van der Waals surface area contributed by atoms with E-state index in [9.17, 15) is 14.4 Å². The van der Waals surface area contributed by atoms with Crippen molar-refractivity contribution in [2.24, 2.45) is 17.3 Å². The number of likely N-dealkylation sites (tertiary alicyclic amines) is 2. The summed E-state index contributed by atoms with van der Waals surface area (Å²) in [5, 5.41) is 5.76. The maximum Gasteiger partial charge on any atom is 0.407 e. The Labute approximate surface area is 387 Å². The number of methoxy groups -OCH3 is 2. The van der Waals surface area contributed by atoms with Gasteiger partial charge in [-0.15, -0.1) is 0 Å². The van der Waals surface area contributed by atoms with E-state index >= 15 is 8.78 Å². The Morgan fingerprint density at radius 3 is 2.24 bits per heavy atom. The molecule has 2 aliphatic heterocycles. The highest BCUT2D eigenvalue weighted by atomic mass is 19.3. The highest BCUT2D eigenvalue weighted by Crippen LogP contribution is 2.59. The van der Waals surface area contributed by atoms with Gasteiger partial charge in [-0.1, -0.05) is 74.5 Å². The highest BCUT2D eigenvalue weighted by molar-refractivity contribution is 5.88. The van der Waals surface area contributed by atoms with Gasteiger partial charge in [0.25, 0.3) is 5.92 Å². The minimum Gasteiger partial charge on any atom is -0.453 e. The number of aromatic nitrogens is 4. The quantitative estimate of drug-likeness (QED) is 0.100. The summed E-state index contributed by atoms with van der Waals surface area (Å²) in [4.78, 5) is 59.7. The van der Waals surface area contributed by atoms with Crippen LogP contribution in [-0.2, 0) is 20.2 Å². The molecule has 2 aromatic heterocycles. The van der Waals surface area contributed by atoms with Crippen molar-refractivity contribution < 1.29 is 32.6 Å². The Morgan fingerprint density at radius 1 is 0.836 bits per heavy atom. The van der Waals surface area contributed by atoms with E-state index in [4.69, 9.17) is 19.4 Å². The third-order valence-corrected chi connectivity index (χ3v) is 15.3. The number of halogens is 2. The van der Waals surface area contributed by atoms with Gasteiger partial charge in [-0.3, -0.25) is 9.69 Å². The fourth-order valence-electron chi connectivity index (χ4n) is 11.6. The lowest BCUT2D eigenvalue weighted by Gasteiger charge is -2.36. The minimum atomic E-state index is -3.26. The van der Waals surface area contributed by atoms with E-state index in [2.05, 4.69) is 25.5 Å². The van der Waals surface area contributed by atoms with Crippen LogP contribution in [0, 0.1) is 17.3 Å². The lowest BCUT2D eigenvalue weighted by molar-refractivity contribution is -0.135. The molecule has 4 aromatic carbocycles. The Hall–Kier alpha value is -6.61. The van der Waals surface area contributed by atoms with Crippen molar-refractivity contribution in [1.29, 1.82) is 0 Å². The smallest absolute Gasteiger partial charge is 0.407 e. The molecule has 1 spiro atoms. The van der Waals surface area contributed by atoms with Crippen molar-refractivity contribution in [3.63, 3.8) is 0 Å². The summed E-state index contributed by atoms with van der Waals surface area (Å²) in [7, 11) is 2.65. The molecule has 13 nitrogen and oxygen atoms in total. The van der Waals surface area contributed by atoms with Crippen LogP contribution in [0.25, 0.3) is 44.5 Å². The van der Waals surface area contributed by atoms with E-state index in [0.29, 0.717) is 58.8 Å².